The van der Waals surface area contributed by atoms with E-state index in [2.05, 4.69) is 25.3 Å². The van der Waals surface area contributed by atoms with Gasteiger partial charge in [-0.05, 0) is 20.8 Å². The second-order valence-corrected chi connectivity index (χ2v) is 8.32. The first-order chi connectivity index (χ1) is 12.9. The highest BCUT2D eigenvalue weighted by molar-refractivity contribution is 5.67. The molecule has 158 valence electrons. The molecule has 27 heavy (non-hydrogen) atoms. The summed E-state index contributed by atoms with van der Waals surface area (Å²) in [6.45, 7) is 19.7. The molecule has 0 radical (unpaired) electrons. The van der Waals surface area contributed by atoms with Gasteiger partial charge in [0.2, 0.25) is 0 Å². The predicted molar refractivity (Wildman–Crippen MR) is 107 cm³/mol. The average molecular weight is 386 g/mol. The number of hydrogen-bond acceptors (Lipinski definition) is 7. The van der Waals surface area contributed by atoms with Crippen LogP contribution in [0.15, 0.2) is 0 Å². The number of nitrogens with zero attached hydrogens (tertiary/aromatic N) is 3. The summed E-state index contributed by atoms with van der Waals surface area (Å²) in [6.07, 6.45) is -0.386. The number of carbonyl (C=O) groups is 1. The molecule has 2 aliphatic heterocycles. The molecule has 2 heterocycles. The van der Waals surface area contributed by atoms with Crippen molar-refractivity contribution in [2.24, 2.45) is 0 Å². The maximum atomic E-state index is 11.5. The maximum Gasteiger partial charge on any atom is 0.407 e. The number of hydrogen-bond donors (Lipinski definition) is 2. The molecule has 0 saturated carbocycles. The summed E-state index contributed by atoms with van der Waals surface area (Å²) in [5, 5.41) is 6.11. The van der Waals surface area contributed by atoms with Gasteiger partial charge in [0.1, 0.15) is 5.60 Å². The lowest BCUT2D eigenvalue weighted by atomic mass is 10.2. The summed E-state index contributed by atoms with van der Waals surface area (Å²) in [5.41, 5.74) is -0.460. The number of ether oxygens (including phenoxy) is 2. The van der Waals surface area contributed by atoms with Crippen LogP contribution < -0.4 is 10.6 Å². The zero-order chi connectivity index (χ0) is 19.5. The Morgan fingerprint density at radius 3 is 2.04 bits per heavy atom. The minimum absolute atomic E-state index is 0.386. The number of carbonyl (C=O) groups excluding carboxylic acids is 1. The zero-order valence-electron chi connectivity index (χ0n) is 17.5. The standard InChI is InChI=1S/C19H39N5O3/c1-19(2,3)27-18(25)21-6-16-26-17-15-24-13-11-23(12-14-24)10-9-22-7-4-20-5-8-22/h20H,4-17H2,1-3H3,(H,21,25). The van der Waals surface area contributed by atoms with Gasteiger partial charge in [-0.1, -0.05) is 0 Å². The SMILES string of the molecule is CC(C)(C)OC(=O)NCCOCCN1CCN(CCN2CCNCC2)CC1. The third-order valence-electron chi connectivity index (χ3n) is 4.87. The first-order valence-corrected chi connectivity index (χ1v) is 10.3. The van der Waals surface area contributed by atoms with Crippen LogP contribution in [-0.4, -0.2) is 118 Å². The first kappa shape index (κ1) is 22.4. The lowest BCUT2D eigenvalue weighted by Gasteiger charge is -2.36. The summed E-state index contributed by atoms with van der Waals surface area (Å²) >= 11 is 0. The fourth-order valence-corrected chi connectivity index (χ4v) is 3.29. The van der Waals surface area contributed by atoms with Gasteiger partial charge in [-0.25, -0.2) is 4.79 Å². The Kier molecular flexibility index (Phi) is 9.78. The highest BCUT2D eigenvalue weighted by atomic mass is 16.6. The van der Waals surface area contributed by atoms with Crippen LogP contribution in [0.5, 0.6) is 0 Å². The summed E-state index contributed by atoms with van der Waals surface area (Å²) in [5.74, 6) is 0. The molecule has 1 amide bonds. The monoisotopic (exact) mass is 385 g/mol. The van der Waals surface area contributed by atoms with Gasteiger partial charge in [0, 0.05) is 78.5 Å². The van der Waals surface area contributed by atoms with Crippen LogP contribution in [-0.2, 0) is 9.47 Å². The Morgan fingerprint density at radius 1 is 0.889 bits per heavy atom. The molecular weight excluding hydrogens is 346 g/mol. The van der Waals surface area contributed by atoms with E-state index in [1.165, 1.54) is 26.2 Å². The van der Waals surface area contributed by atoms with Crippen molar-refractivity contribution in [3.8, 4) is 0 Å². The summed E-state index contributed by atoms with van der Waals surface area (Å²) in [7, 11) is 0. The lowest BCUT2D eigenvalue weighted by Crippen LogP contribution is -2.51. The molecule has 2 rings (SSSR count). The van der Waals surface area contributed by atoms with Crippen LogP contribution in [0.4, 0.5) is 4.79 Å². The van der Waals surface area contributed by atoms with Crippen molar-refractivity contribution >= 4 is 6.09 Å². The van der Waals surface area contributed by atoms with Gasteiger partial charge in [-0.3, -0.25) is 14.7 Å². The van der Waals surface area contributed by atoms with Crippen molar-refractivity contribution in [3.05, 3.63) is 0 Å². The summed E-state index contributed by atoms with van der Waals surface area (Å²) < 4.78 is 10.8. The Labute approximate surface area is 164 Å². The molecule has 8 nitrogen and oxygen atoms in total. The highest BCUT2D eigenvalue weighted by Crippen LogP contribution is 2.06. The van der Waals surface area contributed by atoms with E-state index in [1.807, 2.05) is 20.8 Å². The van der Waals surface area contributed by atoms with E-state index >= 15 is 0 Å². The zero-order valence-corrected chi connectivity index (χ0v) is 17.5. The van der Waals surface area contributed by atoms with Crippen molar-refractivity contribution in [3.63, 3.8) is 0 Å². The van der Waals surface area contributed by atoms with Crippen molar-refractivity contribution in [2.75, 3.05) is 91.8 Å². The number of alkyl carbamates (subject to hydrolysis) is 1. The van der Waals surface area contributed by atoms with Crippen LogP contribution in [0.3, 0.4) is 0 Å². The molecule has 8 heteroatoms. The normalized spacial score (nSPS) is 20.6. The van der Waals surface area contributed by atoms with Crippen molar-refractivity contribution in [1.29, 1.82) is 0 Å². The first-order valence-electron chi connectivity index (χ1n) is 10.3. The number of rotatable bonds is 9. The Morgan fingerprint density at radius 2 is 1.44 bits per heavy atom. The Bertz CT molecular complexity index is 416. The molecule has 0 spiro atoms. The van der Waals surface area contributed by atoms with E-state index in [0.29, 0.717) is 19.8 Å². The third-order valence-corrected chi connectivity index (χ3v) is 4.87. The molecule has 2 fully saturated rings. The van der Waals surface area contributed by atoms with Gasteiger partial charge in [0.25, 0.3) is 0 Å². The van der Waals surface area contributed by atoms with Gasteiger partial charge in [0.15, 0.2) is 0 Å². The highest BCUT2D eigenvalue weighted by Gasteiger charge is 2.18. The summed E-state index contributed by atoms with van der Waals surface area (Å²) in [4.78, 5) is 19.1. The van der Waals surface area contributed by atoms with E-state index in [9.17, 15) is 4.79 Å². The fraction of sp³-hybridized carbons (Fsp3) is 0.947. The van der Waals surface area contributed by atoms with Gasteiger partial charge < -0.3 is 20.1 Å². The van der Waals surface area contributed by atoms with Crippen LogP contribution in [0, 0.1) is 0 Å². The Hall–Kier alpha value is -0.930. The molecule has 2 N–H and O–H groups in total. The fourth-order valence-electron chi connectivity index (χ4n) is 3.29. The molecule has 0 aromatic rings. The molecule has 0 atom stereocenters. The van der Waals surface area contributed by atoms with Crippen molar-refractivity contribution in [1.82, 2.24) is 25.3 Å². The van der Waals surface area contributed by atoms with Crippen LogP contribution in [0.25, 0.3) is 0 Å². The largest absolute Gasteiger partial charge is 0.444 e. The van der Waals surface area contributed by atoms with Gasteiger partial charge in [-0.15, -0.1) is 0 Å². The second kappa shape index (κ2) is 11.8. The van der Waals surface area contributed by atoms with Gasteiger partial charge in [-0.2, -0.15) is 0 Å². The van der Waals surface area contributed by atoms with E-state index in [1.54, 1.807) is 0 Å². The van der Waals surface area contributed by atoms with Gasteiger partial charge >= 0.3 is 6.09 Å². The molecule has 0 aromatic heterocycles. The molecule has 0 aliphatic carbocycles. The molecule has 0 bridgehead atoms. The number of piperazine rings is 2. The third kappa shape index (κ3) is 10.3. The second-order valence-electron chi connectivity index (χ2n) is 8.32. The maximum absolute atomic E-state index is 11.5. The van der Waals surface area contributed by atoms with E-state index in [-0.39, 0.29) is 6.09 Å². The molecule has 0 aromatic carbocycles. The average Bonchev–Trinajstić information content (AvgIpc) is 2.63. The number of nitrogens with one attached hydrogen (secondary N) is 2. The number of amides is 1. The smallest absolute Gasteiger partial charge is 0.407 e. The predicted octanol–water partition coefficient (Wildman–Crippen LogP) is 0.0505. The minimum Gasteiger partial charge on any atom is -0.444 e. The molecule has 0 unspecified atom stereocenters. The van der Waals surface area contributed by atoms with Crippen LogP contribution in [0.2, 0.25) is 0 Å². The van der Waals surface area contributed by atoms with Gasteiger partial charge in [0.05, 0.1) is 13.2 Å². The molecular formula is C19H39N5O3. The van der Waals surface area contributed by atoms with Crippen molar-refractivity contribution < 1.29 is 14.3 Å². The topological polar surface area (TPSA) is 69.3 Å². The van der Waals surface area contributed by atoms with E-state index < -0.39 is 5.60 Å². The molecule has 2 saturated heterocycles. The summed E-state index contributed by atoms with van der Waals surface area (Å²) in [6, 6.07) is 0. The van der Waals surface area contributed by atoms with E-state index in [0.717, 1.165) is 45.8 Å². The quantitative estimate of drug-likeness (QED) is 0.544. The lowest BCUT2D eigenvalue weighted by molar-refractivity contribution is 0.0475. The Balaban J connectivity index is 1.42. The van der Waals surface area contributed by atoms with Crippen LogP contribution in [0.1, 0.15) is 20.8 Å². The van der Waals surface area contributed by atoms with Crippen molar-refractivity contribution in [2.45, 2.75) is 26.4 Å². The minimum atomic E-state index is -0.460. The molecule has 2 aliphatic rings. The van der Waals surface area contributed by atoms with Crippen LogP contribution >= 0.6 is 0 Å². The van der Waals surface area contributed by atoms with E-state index in [4.69, 9.17) is 9.47 Å².